The summed E-state index contributed by atoms with van der Waals surface area (Å²) in [4.78, 5) is 14.3. The number of benzene rings is 1. The second-order valence-electron chi connectivity index (χ2n) is 5.62. The maximum atomic E-state index is 12.7. The van der Waals surface area contributed by atoms with Crippen molar-refractivity contribution in [2.45, 2.75) is 12.1 Å². The van der Waals surface area contributed by atoms with Crippen LogP contribution in [0.3, 0.4) is 0 Å². The lowest BCUT2D eigenvalue weighted by Gasteiger charge is -2.36. The third-order valence-electron chi connectivity index (χ3n) is 4.22. The van der Waals surface area contributed by atoms with Crippen LogP contribution in [0.1, 0.15) is 10.4 Å². The molecule has 2 fully saturated rings. The highest BCUT2D eigenvalue weighted by Crippen LogP contribution is 2.33. The second kappa shape index (κ2) is 4.85. The minimum atomic E-state index is -3.15. The van der Waals surface area contributed by atoms with Crippen LogP contribution in [0.2, 0.25) is 0 Å². The summed E-state index contributed by atoms with van der Waals surface area (Å²) in [7, 11) is -3.15. The van der Waals surface area contributed by atoms with E-state index in [1.807, 2.05) is 0 Å². The van der Waals surface area contributed by atoms with Crippen molar-refractivity contribution >= 4 is 15.7 Å². The average Bonchev–Trinajstić information content (AvgIpc) is 3.06. The van der Waals surface area contributed by atoms with Crippen molar-refractivity contribution in [1.29, 1.82) is 0 Å². The smallest absolute Gasteiger partial charge is 0.254 e. The van der Waals surface area contributed by atoms with Crippen molar-refractivity contribution in [3.63, 3.8) is 0 Å². The van der Waals surface area contributed by atoms with Gasteiger partial charge in [0.25, 0.3) is 5.91 Å². The number of sulfone groups is 1. The molecule has 3 aliphatic rings. The van der Waals surface area contributed by atoms with Crippen molar-refractivity contribution in [1.82, 2.24) is 4.90 Å². The fourth-order valence-corrected chi connectivity index (χ4v) is 5.03. The van der Waals surface area contributed by atoms with Crippen LogP contribution in [0.5, 0.6) is 11.5 Å². The molecule has 8 heteroatoms. The molecule has 22 heavy (non-hydrogen) atoms. The summed E-state index contributed by atoms with van der Waals surface area (Å²) in [6, 6.07) is 4.60. The van der Waals surface area contributed by atoms with Gasteiger partial charge in [-0.05, 0) is 18.2 Å². The number of hydrogen-bond donors (Lipinski definition) is 0. The van der Waals surface area contributed by atoms with Crippen molar-refractivity contribution in [2.75, 3.05) is 31.5 Å². The van der Waals surface area contributed by atoms with Crippen molar-refractivity contribution in [2.24, 2.45) is 0 Å². The molecule has 4 rings (SSSR count). The fraction of sp³-hybridized carbons (Fsp3) is 0.500. The Hall–Kier alpha value is -1.80. The standard InChI is InChI=1S/C14H15NO6S/c16-14(9-1-2-11-12(5-9)21-8-20-11)15-3-4-19-13-7-22(17,18)6-10(13)15/h1-2,5,10,13H,3-4,6-8H2. The topological polar surface area (TPSA) is 82.1 Å². The van der Waals surface area contributed by atoms with Gasteiger partial charge in [-0.15, -0.1) is 0 Å². The van der Waals surface area contributed by atoms with E-state index in [1.54, 1.807) is 23.1 Å². The predicted octanol–water partition coefficient (Wildman–Crippen LogP) is 0.0533. The van der Waals surface area contributed by atoms with E-state index < -0.39 is 22.0 Å². The first kappa shape index (κ1) is 13.8. The minimum absolute atomic E-state index is 0.0113. The highest BCUT2D eigenvalue weighted by atomic mass is 32.2. The number of carbonyl (C=O) groups excluding carboxylic acids is 1. The molecule has 0 bridgehead atoms. The highest BCUT2D eigenvalue weighted by molar-refractivity contribution is 7.91. The largest absolute Gasteiger partial charge is 0.454 e. The molecule has 7 nitrogen and oxygen atoms in total. The van der Waals surface area contributed by atoms with E-state index in [0.717, 1.165) is 0 Å². The third-order valence-corrected chi connectivity index (χ3v) is 5.90. The molecule has 1 amide bonds. The highest BCUT2D eigenvalue weighted by Gasteiger charge is 2.45. The summed E-state index contributed by atoms with van der Waals surface area (Å²) in [5, 5.41) is 0. The van der Waals surface area contributed by atoms with E-state index in [4.69, 9.17) is 14.2 Å². The Bertz CT molecular complexity index is 731. The molecule has 0 spiro atoms. The number of rotatable bonds is 1. The van der Waals surface area contributed by atoms with Gasteiger partial charge in [-0.25, -0.2) is 8.42 Å². The molecule has 0 saturated carbocycles. The molecule has 0 radical (unpaired) electrons. The quantitative estimate of drug-likeness (QED) is 0.726. The van der Waals surface area contributed by atoms with Crippen LogP contribution in [-0.4, -0.2) is 62.8 Å². The van der Waals surface area contributed by atoms with E-state index in [-0.39, 0.29) is 24.2 Å². The maximum absolute atomic E-state index is 12.7. The molecule has 0 N–H and O–H groups in total. The average molecular weight is 325 g/mol. The Morgan fingerprint density at radius 1 is 1.18 bits per heavy atom. The van der Waals surface area contributed by atoms with Gasteiger partial charge in [-0.1, -0.05) is 0 Å². The first-order chi connectivity index (χ1) is 10.5. The predicted molar refractivity (Wildman–Crippen MR) is 75.8 cm³/mol. The summed E-state index contributed by atoms with van der Waals surface area (Å²) in [6.45, 7) is 0.893. The minimum Gasteiger partial charge on any atom is -0.454 e. The van der Waals surface area contributed by atoms with Crippen LogP contribution in [0.4, 0.5) is 0 Å². The van der Waals surface area contributed by atoms with E-state index in [2.05, 4.69) is 0 Å². The summed E-state index contributed by atoms with van der Waals surface area (Å²) >= 11 is 0. The number of ether oxygens (including phenoxy) is 3. The van der Waals surface area contributed by atoms with E-state index in [0.29, 0.717) is 30.2 Å². The number of hydrogen-bond acceptors (Lipinski definition) is 6. The molecular formula is C14H15NO6S. The van der Waals surface area contributed by atoms with Gasteiger partial charge in [0.15, 0.2) is 21.3 Å². The lowest BCUT2D eigenvalue weighted by Crippen LogP contribution is -2.53. The lowest BCUT2D eigenvalue weighted by atomic mass is 10.1. The molecule has 1 aromatic carbocycles. The van der Waals surface area contributed by atoms with Crippen LogP contribution in [-0.2, 0) is 14.6 Å². The Morgan fingerprint density at radius 2 is 2.00 bits per heavy atom. The monoisotopic (exact) mass is 325 g/mol. The van der Waals surface area contributed by atoms with Crippen molar-refractivity contribution in [3.8, 4) is 11.5 Å². The third kappa shape index (κ3) is 2.22. The summed E-state index contributed by atoms with van der Waals surface area (Å²) in [5.74, 6) is 0.902. The lowest BCUT2D eigenvalue weighted by molar-refractivity contribution is -0.0361. The molecule has 0 aromatic heterocycles. The molecule has 0 aliphatic carbocycles. The Balaban J connectivity index is 1.62. The normalized spacial score (nSPS) is 28.5. The first-order valence-electron chi connectivity index (χ1n) is 7.06. The van der Waals surface area contributed by atoms with Crippen LogP contribution < -0.4 is 9.47 Å². The van der Waals surface area contributed by atoms with Crippen LogP contribution in [0.25, 0.3) is 0 Å². The molecule has 2 saturated heterocycles. The van der Waals surface area contributed by atoms with Gasteiger partial charge in [-0.3, -0.25) is 4.79 Å². The number of amides is 1. The Morgan fingerprint density at radius 3 is 2.86 bits per heavy atom. The van der Waals surface area contributed by atoms with Crippen LogP contribution in [0.15, 0.2) is 18.2 Å². The van der Waals surface area contributed by atoms with E-state index in [9.17, 15) is 13.2 Å². The van der Waals surface area contributed by atoms with Gasteiger partial charge >= 0.3 is 0 Å². The number of nitrogens with zero attached hydrogens (tertiary/aromatic N) is 1. The first-order valence-corrected chi connectivity index (χ1v) is 8.88. The van der Waals surface area contributed by atoms with Gasteiger partial charge in [-0.2, -0.15) is 0 Å². The van der Waals surface area contributed by atoms with Gasteiger partial charge < -0.3 is 19.1 Å². The van der Waals surface area contributed by atoms with E-state index in [1.165, 1.54) is 0 Å². The molecule has 118 valence electrons. The molecule has 3 heterocycles. The van der Waals surface area contributed by atoms with Crippen molar-refractivity contribution < 1.29 is 27.4 Å². The molecular weight excluding hydrogens is 310 g/mol. The number of morpholine rings is 1. The molecule has 2 atom stereocenters. The van der Waals surface area contributed by atoms with Gasteiger partial charge in [0.05, 0.1) is 30.3 Å². The number of carbonyl (C=O) groups is 1. The zero-order valence-corrected chi connectivity index (χ0v) is 12.5. The van der Waals surface area contributed by atoms with Gasteiger partial charge in [0.1, 0.15) is 0 Å². The molecule has 3 aliphatic heterocycles. The maximum Gasteiger partial charge on any atom is 0.254 e. The SMILES string of the molecule is O=C(c1ccc2c(c1)OCO2)N1CCOC2CS(=O)(=O)CC21. The van der Waals surface area contributed by atoms with Crippen LogP contribution in [0, 0.1) is 0 Å². The fourth-order valence-electron chi connectivity index (χ4n) is 3.16. The summed E-state index contributed by atoms with van der Waals surface area (Å²) in [5.41, 5.74) is 0.467. The summed E-state index contributed by atoms with van der Waals surface area (Å²) < 4.78 is 39.6. The molecule has 1 aromatic rings. The van der Waals surface area contributed by atoms with Crippen molar-refractivity contribution in [3.05, 3.63) is 23.8 Å². The molecule has 2 unspecified atom stereocenters. The Kier molecular flexibility index (Phi) is 3.05. The van der Waals surface area contributed by atoms with Crippen LogP contribution >= 0.6 is 0 Å². The zero-order valence-electron chi connectivity index (χ0n) is 11.7. The van der Waals surface area contributed by atoms with E-state index >= 15 is 0 Å². The zero-order chi connectivity index (χ0) is 15.3. The van der Waals surface area contributed by atoms with Gasteiger partial charge in [0, 0.05) is 12.1 Å². The summed E-state index contributed by atoms with van der Waals surface area (Å²) in [6.07, 6.45) is -0.420. The second-order valence-corrected chi connectivity index (χ2v) is 7.77. The van der Waals surface area contributed by atoms with Gasteiger partial charge in [0.2, 0.25) is 6.79 Å². The number of fused-ring (bicyclic) bond motifs is 2. The Labute approximate surface area is 127 Å².